The molecule has 1 heterocycles. The van der Waals surface area contributed by atoms with Gasteiger partial charge in [-0.25, -0.2) is 0 Å². The van der Waals surface area contributed by atoms with E-state index in [0.717, 1.165) is 24.9 Å². The molecule has 20 heavy (non-hydrogen) atoms. The van der Waals surface area contributed by atoms with Crippen molar-refractivity contribution in [2.45, 2.75) is 25.3 Å². The SMILES string of the molecule is O=C(Cc1ccccc1)[C@@H]1CCCN(C(CO)CO)C1. The monoisotopic (exact) mass is 277 g/mol. The van der Waals surface area contributed by atoms with Crippen molar-refractivity contribution in [2.24, 2.45) is 5.92 Å². The molecule has 0 radical (unpaired) electrons. The highest BCUT2D eigenvalue weighted by atomic mass is 16.3. The summed E-state index contributed by atoms with van der Waals surface area (Å²) in [6.45, 7) is 1.38. The van der Waals surface area contributed by atoms with Crippen LogP contribution in [0.2, 0.25) is 0 Å². The van der Waals surface area contributed by atoms with E-state index in [1.807, 2.05) is 35.2 Å². The third-order valence-electron chi connectivity index (χ3n) is 4.07. The normalized spacial score (nSPS) is 20.2. The quantitative estimate of drug-likeness (QED) is 0.810. The molecule has 0 bridgehead atoms. The van der Waals surface area contributed by atoms with Crippen LogP contribution in [0.3, 0.4) is 0 Å². The summed E-state index contributed by atoms with van der Waals surface area (Å²) in [5.41, 5.74) is 1.05. The number of hydrogen-bond donors (Lipinski definition) is 2. The Labute approximate surface area is 120 Å². The Morgan fingerprint density at radius 1 is 1.25 bits per heavy atom. The number of rotatable bonds is 6. The van der Waals surface area contributed by atoms with Gasteiger partial charge >= 0.3 is 0 Å². The number of carbonyl (C=O) groups excluding carboxylic acids is 1. The average Bonchev–Trinajstić information content (AvgIpc) is 2.50. The number of likely N-dealkylation sites (tertiary alicyclic amines) is 1. The minimum atomic E-state index is -0.234. The zero-order valence-electron chi connectivity index (χ0n) is 11.7. The fourth-order valence-electron chi connectivity index (χ4n) is 2.83. The Hall–Kier alpha value is -1.23. The molecule has 110 valence electrons. The van der Waals surface area contributed by atoms with Crippen LogP contribution in [0.4, 0.5) is 0 Å². The minimum Gasteiger partial charge on any atom is -0.395 e. The molecule has 0 aliphatic carbocycles. The molecule has 1 saturated heterocycles. The van der Waals surface area contributed by atoms with Gasteiger partial charge in [0.2, 0.25) is 0 Å². The van der Waals surface area contributed by atoms with Crippen LogP contribution in [0.15, 0.2) is 30.3 Å². The Balaban J connectivity index is 1.93. The third kappa shape index (κ3) is 3.88. The van der Waals surface area contributed by atoms with Gasteiger partial charge in [-0.3, -0.25) is 9.69 Å². The average molecular weight is 277 g/mol. The van der Waals surface area contributed by atoms with E-state index in [4.69, 9.17) is 0 Å². The predicted octanol–water partition coefficient (Wildman–Crippen LogP) is 0.863. The van der Waals surface area contributed by atoms with E-state index in [2.05, 4.69) is 0 Å². The summed E-state index contributed by atoms with van der Waals surface area (Å²) in [6, 6.07) is 9.56. The van der Waals surface area contributed by atoms with Crippen molar-refractivity contribution in [3.05, 3.63) is 35.9 Å². The van der Waals surface area contributed by atoms with Crippen molar-refractivity contribution in [3.63, 3.8) is 0 Å². The number of carbonyl (C=O) groups is 1. The lowest BCUT2D eigenvalue weighted by atomic mass is 9.90. The summed E-state index contributed by atoms with van der Waals surface area (Å²) < 4.78 is 0. The van der Waals surface area contributed by atoms with E-state index in [1.165, 1.54) is 0 Å². The third-order valence-corrected chi connectivity index (χ3v) is 4.07. The number of Topliss-reactive ketones (excluding diaryl/α,β-unsaturated/α-hetero) is 1. The maximum absolute atomic E-state index is 12.4. The predicted molar refractivity (Wildman–Crippen MR) is 77.4 cm³/mol. The van der Waals surface area contributed by atoms with Gasteiger partial charge < -0.3 is 10.2 Å². The van der Waals surface area contributed by atoms with Crippen LogP contribution in [0.25, 0.3) is 0 Å². The fraction of sp³-hybridized carbons (Fsp3) is 0.562. The van der Waals surface area contributed by atoms with Crippen LogP contribution in [-0.4, -0.2) is 53.2 Å². The molecule has 1 aliphatic rings. The fourth-order valence-corrected chi connectivity index (χ4v) is 2.83. The molecule has 2 rings (SSSR count). The molecule has 4 heteroatoms. The van der Waals surface area contributed by atoms with Gasteiger partial charge in [0.1, 0.15) is 5.78 Å². The Morgan fingerprint density at radius 3 is 2.60 bits per heavy atom. The van der Waals surface area contributed by atoms with Crippen LogP contribution >= 0.6 is 0 Å². The van der Waals surface area contributed by atoms with Gasteiger partial charge in [0.15, 0.2) is 0 Å². The Kier molecular flexibility index (Phi) is 5.71. The second-order valence-corrected chi connectivity index (χ2v) is 5.48. The molecule has 0 spiro atoms. The van der Waals surface area contributed by atoms with Gasteiger partial charge in [-0.05, 0) is 24.9 Å². The van der Waals surface area contributed by atoms with Crippen molar-refractivity contribution in [2.75, 3.05) is 26.3 Å². The highest BCUT2D eigenvalue weighted by Crippen LogP contribution is 2.20. The van der Waals surface area contributed by atoms with Crippen molar-refractivity contribution in [3.8, 4) is 0 Å². The van der Waals surface area contributed by atoms with Gasteiger partial charge in [-0.1, -0.05) is 30.3 Å². The molecule has 0 saturated carbocycles. The number of benzene rings is 1. The van der Waals surface area contributed by atoms with E-state index < -0.39 is 0 Å². The van der Waals surface area contributed by atoms with Gasteiger partial charge in [-0.15, -0.1) is 0 Å². The second kappa shape index (κ2) is 7.53. The van der Waals surface area contributed by atoms with Crippen LogP contribution in [0.5, 0.6) is 0 Å². The Bertz CT molecular complexity index is 417. The van der Waals surface area contributed by atoms with E-state index >= 15 is 0 Å². The molecule has 1 fully saturated rings. The lowest BCUT2D eigenvalue weighted by Crippen LogP contribution is -2.48. The number of hydrogen-bond acceptors (Lipinski definition) is 4. The zero-order chi connectivity index (χ0) is 14.4. The molecule has 1 aromatic rings. The molecule has 1 aliphatic heterocycles. The van der Waals surface area contributed by atoms with E-state index in [1.54, 1.807) is 0 Å². The molecular weight excluding hydrogens is 254 g/mol. The summed E-state index contributed by atoms with van der Waals surface area (Å²) in [5.74, 6) is 0.278. The lowest BCUT2D eigenvalue weighted by Gasteiger charge is -2.36. The number of aliphatic hydroxyl groups excluding tert-OH is 2. The largest absolute Gasteiger partial charge is 0.395 e. The van der Waals surface area contributed by atoms with E-state index in [9.17, 15) is 15.0 Å². The van der Waals surface area contributed by atoms with Gasteiger partial charge in [0.05, 0.1) is 19.3 Å². The second-order valence-electron chi connectivity index (χ2n) is 5.48. The molecule has 4 nitrogen and oxygen atoms in total. The first-order valence-electron chi connectivity index (χ1n) is 7.27. The zero-order valence-corrected chi connectivity index (χ0v) is 11.7. The van der Waals surface area contributed by atoms with Gasteiger partial charge in [0.25, 0.3) is 0 Å². The van der Waals surface area contributed by atoms with Crippen molar-refractivity contribution >= 4 is 5.78 Å². The molecular formula is C16H23NO3. The number of aliphatic hydroxyl groups is 2. The number of nitrogens with zero attached hydrogens (tertiary/aromatic N) is 1. The first-order valence-corrected chi connectivity index (χ1v) is 7.27. The minimum absolute atomic E-state index is 0.0181. The highest BCUT2D eigenvalue weighted by molar-refractivity contribution is 5.83. The summed E-state index contributed by atoms with van der Waals surface area (Å²) in [5, 5.41) is 18.5. The summed E-state index contributed by atoms with van der Waals surface area (Å²) >= 11 is 0. The smallest absolute Gasteiger partial charge is 0.141 e. The Morgan fingerprint density at radius 2 is 1.95 bits per heavy atom. The first kappa shape index (κ1) is 15.2. The lowest BCUT2D eigenvalue weighted by molar-refractivity contribution is -0.124. The maximum atomic E-state index is 12.4. The number of ketones is 1. The van der Waals surface area contributed by atoms with Crippen LogP contribution in [0, 0.1) is 5.92 Å². The topological polar surface area (TPSA) is 60.8 Å². The van der Waals surface area contributed by atoms with Gasteiger partial charge in [-0.2, -0.15) is 0 Å². The van der Waals surface area contributed by atoms with Crippen molar-refractivity contribution in [1.29, 1.82) is 0 Å². The summed E-state index contributed by atoms with van der Waals surface area (Å²) in [6.07, 6.45) is 2.33. The summed E-state index contributed by atoms with van der Waals surface area (Å²) in [7, 11) is 0. The first-order chi connectivity index (χ1) is 9.74. The molecule has 1 atom stereocenters. The standard InChI is InChI=1S/C16H23NO3/c18-11-15(12-19)17-8-4-7-14(10-17)16(20)9-13-5-2-1-3-6-13/h1-3,5-6,14-15,18-19H,4,7-12H2/t14-/m1/s1. The molecule has 0 unspecified atom stereocenters. The molecule has 0 amide bonds. The highest BCUT2D eigenvalue weighted by Gasteiger charge is 2.28. The van der Waals surface area contributed by atoms with Crippen molar-refractivity contribution < 1.29 is 15.0 Å². The molecule has 0 aromatic heterocycles. The molecule has 2 N–H and O–H groups in total. The summed E-state index contributed by atoms with van der Waals surface area (Å²) in [4.78, 5) is 14.4. The molecule has 1 aromatic carbocycles. The van der Waals surface area contributed by atoms with Crippen LogP contribution in [0.1, 0.15) is 18.4 Å². The van der Waals surface area contributed by atoms with Gasteiger partial charge in [0, 0.05) is 18.9 Å². The van der Waals surface area contributed by atoms with Crippen LogP contribution < -0.4 is 0 Å². The van der Waals surface area contributed by atoms with Crippen LogP contribution in [-0.2, 0) is 11.2 Å². The van der Waals surface area contributed by atoms with E-state index in [0.29, 0.717) is 13.0 Å². The maximum Gasteiger partial charge on any atom is 0.141 e. The van der Waals surface area contributed by atoms with Crippen molar-refractivity contribution in [1.82, 2.24) is 4.90 Å². The number of piperidine rings is 1. The van der Waals surface area contributed by atoms with E-state index in [-0.39, 0.29) is 31.0 Å².